The second kappa shape index (κ2) is 7.79. The topological polar surface area (TPSA) is 52.7 Å². The van der Waals surface area contributed by atoms with E-state index in [1.165, 1.54) is 16.4 Å². The number of alkyl halides is 3. The molecule has 2 saturated heterocycles. The van der Waals surface area contributed by atoms with Gasteiger partial charge in [0.05, 0.1) is 10.5 Å². The van der Waals surface area contributed by atoms with Crippen LogP contribution in [0.4, 0.5) is 13.2 Å². The fourth-order valence-corrected chi connectivity index (χ4v) is 5.04. The minimum absolute atomic E-state index is 0. The van der Waals surface area contributed by atoms with Crippen LogP contribution in [0, 0.1) is 0 Å². The van der Waals surface area contributed by atoms with E-state index in [0.29, 0.717) is 6.42 Å². The van der Waals surface area contributed by atoms with Crippen LogP contribution in [-0.4, -0.2) is 62.9 Å². The SMILES string of the molecule is Cl.O=S(=O)(c1ccccc1C(F)(F)F)N1CCC(N2CCNCC2)C1. The van der Waals surface area contributed by atoms with Crippen LogP contribution in [0.2, 0.25) is 0 Å². The summed E-state index contributed by atoms with van der Waals surface area (Å²) < 4.78 is 66.0. The number of benzene rings is 1. The molecule has 0 saturated carbocycles. The van der Waals surface area contributed by atoms with Gasteiger partial charge in [0.15, 0.2) is 0 Å². The first-order valence-electron chi connectivity index (χ1n) is 7.91. The summed E-state index contributed by atoms with van der Waals surface area (Å²) in [6, 6.07) is 4.45. The van der Waals surface area contributed by atoms with Gasteiger partial charge in [0, 0.05) is 45.3 Å². The average molecular weight is 400 g/mol. The van der Waals surface area contributed by atoms with Gasteiger partial charge in [-0.05, 0) is 18.6 Å². The maximum Gasteiger partial charge on any atom is 0.417 e. The minimum atomic E-state index is -4.69. The van der Waals surface area contributed by atoms with Crippen LogP contribution >= 0.6 is 12.4 Å². The molecule has 1 N–H and O–H groups in total. The van der Waals surface area contributed by atoms with Crippen molar-refractivity contribution in [3.63, 3.8) is 0 Å². The van der Waals surface area contributed by atoms with E-state index in [1.807, 2.05) is 0 Å². The van der Waals surface area contributed by atoms with Crippen molar-refractivity contribution in [3.8, 4) is 0 Å². The zero-order chi connectivity index (χ0) is 17.4. The summed E-state index contributed by atoms with van der Waals surface area (Å²) in [6.45, 7) is 3.85. The highest BCUT2D eigenvalue weighted by molar-refractivity contribution is 7.89. The molecular weight excluding hydrogens is 379 g/mol. The highest BCUT2D eigenvalue weighted by atomic mass is 35.5. The number of hydrogen-bond donors (Lipinski definition) is 1. The Balaban J connectivity index is 0.00000225. The van der Waals surface area contributed by atoms with E-state index in [4.69, 9.17) is 0 Å². The van der Waals surface area contributed by atoms with Crippen LogP contribution in [0.1, 0.15) is 12.0 Å². The summed E-state index contributed by atoms with van der Waals surface area (Å²) in [4.78, 5) is 1.56. The highest BCUT2D eigenvalue weighted by Crippen LogP contribution is 2.36. The van der Waals surface area contributed by atoms with E-state index in [0.717, 1.165) is 38.3 Å². The molecule has 0 aliphatic carbocycles. The third-order valence-corrected chi connectivity index (χ3v) is 6.53. The number of piperazine rings is 1. The van der Waals surface area contributed by atoms with Crippen molar-refractivity contribution in [2.24, 2.45) is 0 Å². The van der Waals surface area contributed by atoms with E-state index in [1.54, 1.807) is 0 Å². The molecule has 5 nitrogen and oxygen atoms in total. The molecule has 2 fully saturated rings. The average Bonchev–Trinajstić information content (AvgIpc) is 3.06. The summed E-state index contributed by atoms with van der Waals surface area (Å²) in [5.41, 5.74) is -1.10. The molecule has 0 spiro atoms. The lowest BCUT2D eigenvalue weighted by atomic mass is 10.2. The van der Waals surface area contributed by atoms with E-state index in [2.05, 4.69) is 10.2 Å². The Hall–Kier alpha value is -0.870. The summed E-state index contributed by atoms with van der Waals surface area (Å²) in [6.07, 6.45) is -4.05. The Morgan fingerprint density at radius 3 is 2.36 bits per heavy atom. The lowest BCUT2D eigenvalue weighted by Crippen LogP contribution is -2.49. The molecule has 2 heterocycles. The van der Waals surface area contributed by atoms with Gasteiger partial charge in [-0.3, -0.25) is 4.90 Å². The van der Waals surface area contributed by atoms with Crippen molar-refractivity contribution >= 4 is 22.4 Å². The standard InChI is InChI=1S/C15H20F3N3O2S.ClH/c16-15(17,18)13-3-1-2-4-14(13)24(22,23)21-8-5-12(11-21)20-9-6-19-7-10-20;/h1-4,12,19H,5-11H2;1H. The van der Waals surface area contributed by atoms with Crippen molar-refractivity contribution in [3.05, 3.63) is 29.8 Å². The van der Waals surface area contributed by atoms with Crippen LogP contribution in [0.25, 0.3) is 0 Å². The molecular formula is C15H21ClF3N3O2S. The molecule has 0 radical (unpaired) electrons. The van der Waals surface area contributed by atoms with Gasteiger partial charge in [-0.1, -0.05) is 12.1 Å². The zero-order valence-corrected chi connectivity index (χ0v) is 15.1. The largest absolute Gasteiger partial charge is 0.417 e. The summed E-state index contributed by atoms with van der Waals surface area (Å²) >= 11 is 0. The molecule has 1 atom stereocenters. The van der Waals surface area contributed by atoms with Crippen molar-refractivity contribution in [2.45, 2.75) is 23.5 Å². The number of halogens is 4. The number of sulfonamides is 1. The maximum absolute atomic E-state index is 13.1. The predicted octanol–water partition coefficient (Wildman–Crippen LogP) is 1.80. The van der Waals surface area contributed by atoms with Crippen LogP contribution in [0.15, 0.2) is 29.2 Å². The van der Waals surface area contributed by atoms with Crippen LogP contribution in [0.5, 0.6) is 0 Å². The number of rotatable bonds is 3. The van der Waals surface area contributed by atoms with Crippen LogP contribution in [-0.2, 0) is 16.2 Å². The normalized spacial score (nSPS) is 23.4. The zero-order valence-electron chi connectivity index (χ0n) is 13.5. The van der Waals surface area contributed by atoms with Gasteiger partial charge < -0.3 is 5.32 Å². The third kappa shape index (κ3) is 4.28. The Morgan fingerprint density at radius 1 is 1.08 bits per heavy atom. The molecule has 10 heteroatoms. The second-order valence-corrected chi connectivity index (χ2v) is 7.99. The molecule has 25 heavy (non-hydrogen) atoms. The minimum Gasteiger partial charge on any atom is -0.314 e. The van der Waals surface area contributed by atoms with Gasteiger partial charge in [0.1, 0.15) is 0 Å². The van der Waals surface area contributed by atoms with Crippen molar-refractivity contribution in [1.82, 2.24) is 14.5 Å². The van der Waals surface area contributed by atoms with Gasteiger partial charge in [0.25, 0.3) is 0 Å². The van der Waals surface area contributed by atoms with Gasteiger partial charge in [-0.2, -0.15) is 17.5 Å². The molecule has 0 amide bonds. The van der Waals surface area contributed by atoms with Crippen LogP contribution < -0.4 is 5.32 Å². The monoisotopic (exact) mass is 399 g/mol. The van der Waals surface area contributed by atoms with Gasteiger partial charge in [-0.15, -0.1) is 12.4 Å². The lowest BCUT2D eigenvalue weighted by molar-refractivity contribution is -0.139. The van der Waals surface area contributed by atoms with E-state index in [9.17, 15) is 21.6 Å². The highest BCUT2D eigenvalue weighted by Gasteiger charge is 2.41. The molecule has 0 aromatic heterocycles. The second-order valence-electron chi connectivity index (χ2n) is 6.09. The number of hydrogen-bond acceptors (Lipinski definition) is 4. The first kappa shape index (κ1) is 20.4. The molecule has 1 aromatic rings. The Labute approximate surface area is 151 Å². The lowest BCUT2D eigenvalue weighted by Gasteiger charge is -2.32. The summed E-state index contributed by atoms with van der Waals surface area (Å²) in [5, 5.41) is 3.23. The van der Waals surface area contributed by atoms with Crippen molar-refractivity contribution < 1.29 is 21.6 Å². The van der Waals surface area contributed by atoms with Gasteiger partial charge >= 0.3 is 6.18 Å². The fourth-order valence-electron chi connectivity index (χ4n) is 3.34. The maximum atomic E-state index is 13.1. The Morgan fingerprint density at radius 2 is 1.72 bits per heavy atom. The van der Waals surface area contributed by atoms with Gasteiger partial charge in [-0.25, -0.2) is 8.42 Å². The third-order valence-electron chi connectivity index (χ3n) is 4.60. The predicted molar refractivity (Wildman–Crippen MR) is 90.3 cm³/mol. The van der Waals surface area contributed by atoms with E-state index >= 15 is 0 Å². The molecule has 1 unspecified atom stereocenters. The Bertz CT molecular complexity index is 694. The van der Waals surface area contributed by atoms with Crippen LogP contribution in [0.3, 0.4) is 0 Å². The number of nitrogens with zero attached hydrogens (tertiary/aromatic N) is 2. The first-order chi connectivity index (χ1) is 11.3. The number of nitrogens with one attached hydrogen (secondary N) is 1. The smallest absolute Gasteiger partial charge is 0.314 e. The Kier molecular flexibility index (Phi) is 6.37. The molecule has 3 rings (SSSR count). The van der Waals surface area contributed by atoms with Crippen molar-refractivity contribution in [2.75, 3.05) is 39.3 Å². The molecule has 0 bridgehead atoms. The fraction of sp³-hybridized carbons (Fsp3) is 0.600. The van der Waals surface area contributed by atoms with E-state index < -0.39 is 26.7 Å². The molecule has 2 aliphatic rings. The molecule has 142 valence electrons. The van der Waals surface area contributed by atoms with Gasteiger partial charge in [0.2, 0.25) is 10.0 Å². The quantitative estimate of drug-likeness (QED) is 0.842. The molecule has 1 aromatic carbocycles. The van der Waals surface area contributed by atoms with Crippen molar-refractivity contribution in [1.29, 1.82) is 0 Å². The van der Waals surface area contributed by atoms with E-state index in [-0.39, 0.29) is 31.5 Å². The summed E-state index contributed by atoms with van der Waals surface area (Å²) in [7, 11) is -4.15. The first-order valence-corrected chi connectivity index (χ1v) is 9.35. The molecule has 2 aliphatic heterocycles. The summed E-state index contributed by atoms with van der Waals surface area (Å²) in [5.74, 6) is 0.